The summed E-state index contributed by atoms with van der Waals surface area (Å²) in [6, 6.07) is 10.3. The second kappa shape index (κ2) is 5.20. The molecule has 0 fully saturated rings. The van der Waals surface area contributed by atoms with Crippen LogP contribution in [0.2, 0.25) is 0 Å². The summed E-state index contributed by atoms with van der Waals surface area (Å²) in [4.78, 5) is 0. The Balaban J connectivity index is 0.000000810. The Morgan fingerprint density at radius 2 is 2.20 bits per heavy atom. The van der Waals surface area contributed by atoms with E-state index in [4.69, 9.17) is 5.26 Å². The Morgan fingerprint density at radius 1 is 1.50 bits per heavy atom. The van der Waals surface area contributed by atoms with E-state index in [9.17, 15) is 0 Å². The Kier molecular flexibility index (Phi) is 5.47. The van der Waals surface area contributed by atoms with Gasteiger partial charge in [0.05, 0.1) is 0 Å². The fourth-order valence-electron chi connectivity index (χ4n) is 0.572. The Morgan fingerprint density at radius 3 is 2.60 bits per heavy atom. The molecule has 1 aromatic carbocycles. The predicted octanol–water partition coefficient (Wildman–Crippen LogP) is -1.33. The summed E-state index contributed by atoms with van der Waals surface area (Å²) < 4.78 is 0. The van der Waals surface area contributed by atoms with Crippen molar-refractivity contribution >= 4 is 0 Å². The summed E-state index contributed by atoms with van der Waals surface area (Å²) >= 11 is 0. The number of rotatable bonds is 0. The SMILES string of the molecule is Cc1c[c-]c(C#N)cc1.[Rb+]. The van der Waals surface area contributed by atoms with Gasteiger partial charge in [-0.2, -0.15) is 0 Å². The predicted molar refractivity (Wildman–Crippen MR) is 34.7 cm³/mol. The summed E-state index contributed by atoms with van der Waals surface area (Å²) in [7, 11) is 0. The van der Waals surface area contributed by atoms with E-state index in [1.807, 2.05) is 19.1 Å². The normalized spacial score (nSPS) is 7.60. The summed E-state index contributed by atoms with van der Waals surface area (Å²) in [5.74, 6) is 0. The van der Waals surface area contributed by atoms with Gasteiger partial charge in [0.25, 0.3) is 0 Å². The van der Waals surface area contributed by atoms with Gasteiger partial charge in [-0.3, -0.25) is 5.26 Å². The Hall–Kier alpha value is 0.515. The molecule has 2 heteroatoms. The van der Waals surface area contributed by atoms with Crippen molar-refractivity contribution in [2.24, 2.45) is 0 Å². The molecule has 0 aliphatic heterocycles. The average Bonchev–Trinajstić information content (AvgIpc) is 1.90. The van der Waals surface area contributed by atoms with Crippen LogP contribution in [0.1, 0.15) is 11.1 Å². The first-order valence-electron chi connectivity index (χ1n) is 2.71. The number of hydrogen-bond donors (Lipinski definition) is 0. The maximum atomic E-state index is 8.35. The van der Waals surface area contributed by atoms with Crippen molar-refractivity contribution in [2.75, 3.05) is 0 Å². The van der Waals surface area contributed by atoms with E-state index in [1.165, 1.54) is 0 Å². The first kappa shape index (κ1) is 10.5. The zero-order chi connectivity index (χ0) is 6.69. The van der Waals surface area contributed by atoms with Gasteiger partial charge in [-0.1, -0.05) is 12.5 Å². The first-order valence-corrected chi connectivity index (χ1v) is 2.71. The van der Waals surface area contributed by atoms with Crippen LogP contribution >= 0.6 is 0 Å². The quantitative estimate of drug-likeness (QED) is 0.478. The van der Waals surface area contributed by atoms with E-state index >= 15 is 0 Å². The summed E-state index contributed by atoms with van der Waals surface area (Å²) in [6.45, 7) is 1.97. The van der Waals surface area contributed by atoms with Gasteiger partial charge in [-0.05, 0) is 6.07 Å². The molecule has 0 radical (unpaired) electrons. The maximum Gasteiger partial charge on any atom is 1.00 e. The van der Waals surface area contributed by atoms with Crippen LogP contribution < -0.4 is 58.2 Å². The molecule has 1 rings (SSSR count). The van der Waals surface area contributed by atoms with Crippen molar-refractivity contribution in [1.82, 2.24) is 0 Å². The number of benzene rings is 1. The van der Waals surface area contributed by atoms with Gasteiger partial charge in [0, 0.05) is 0 Å². The van der Waals surface area contributed by atoms with Gasteiger partial charge in [0.2, 0.25) is 0 Å². The third kappa shape index (κ3) is 3.07. The van der Waals surface area contributed by atoms with Crippen LogP contribution in [-0.2, 0) is 0 Å². The molecule has 0 saturated carbocycles. The molecule has 0 spiro atoms. The maximum absolute atomic E-state index is 8.35. The molecule has 1 aromatic rings. The van der Waals surface area contributed by atoms with E-state index in [2.05, 4.69) is 6.07 Å². The van der Waals surface area contributed by atoms with Crippen molar-refractivity contribution in [3.63, 3.8) is 0 Å². The monoisotopic (exact) mass is 201 g/mol. The molecule has 1 nitrogen and oxygen atoms in total. The van der Waals surface area contributed by atoms with Crippen molar-refractivity contribution < 1.29 is 58.2 Å². The van der Waals surface area contributed by atoms with Gasteiger partial charge in [-0.25, -0.2) is 0 Å². The minimum atomic E-state index is 0. The molecule has 0 N–H and O–H groups in total. The zero-order valence-corrected chi connectivity index (χ0v) is 11.1. The van der Waals surface area contributed by atoms with Crippen LogP contribution in [0.3, 0.4) is 0 Å². The minimum Gasteiger partial charge on any atom is -0.262 e. The standard InChI is InChI=1S/C8H6N.Rb/c1-7-2-4-8(6-9)5-3-7;/h2-4H,1H3;/q-1;+1. The van der Waals surface area contributed by atoms with Crippen LogP contribution in [0, 0.1) is 24.3 Å². The summed E-state index contributed by atoms with van der Waals surface area (Å²) in [5.41, 5.74) is 1.73. The fraction of sp³-hybridized carbons (Fsp3) is 0.125. The van der Waals surface area contributed by atoms with E-state index in [1.54, 1.807) is 12.1 Å². The molecule has 10 heavy (non-hydrogen) atoms. The van der Waals surface area contributed by atoms with Gasteiger partial charge >= 0.3 is 58.2 Å². The van der Waals surface area contributed by atoms with Gasteiger partial charge in [-0.15, -0.1) is 29.8 Å². The third-order valence-electron chi connectivity index (χ3n) is 1.09. The topological polar surface area (TPSA) is 23.8 Å². The number of nitriles is 1. The Labute approximate surface area is 110 Å². The van der Waals surface area contributed by atoms with Crippen LogP contribution in [0.15, 0.2) is 18.2 Å². The smallest absolute Gasteiger partial charge is 0.262 e. The molecule has 0 atom stereocenters. The van der Waals surface area contributed by atoms with Crippen molar-refractivity contribution in [2.45, 2.75) is 6.92 Å². The zero-order valence-electron chi connectivity index (χ0n) is 6.18. The number of aryl methyl sites for hydroxylation is 1. The van der Waals surface area contributed by atoms with Gasteiger partial charge < -0.3 is 0 Å². The molecule has 0 amide bonds. The third-order valence-corrected chi connectivity index (χ3v) is 1.09. The molecular weight excluding hydrogens is 196 g/mol. The second-order valence-corrected chi connectivity index (χ2v) is 1.89. The van der Waals surface area contributed by atoms with Crippen LogP contribution in [0.5, 0.6) is 0 Å². The van der Waals surface area contributed by atoms with Crippen molar-refractivity contribution in [1.29, 1.82) is 5.26 Å². The van der Waals surface area contributed by atoms with Gasteiger partial charge in [0.15, 0.2) is 0 Å². The summed E-state index contributed by atoms with van der Waals surface area (Å²) in [6.07, 6.45) is 0. The minimum absolute atomic E-state index is 0. The first-order chi connectivity index (χ1) is 4.33. The molecule has 0 bridgehead atoms. The van der Waals surface area contributed by atoms with Crippen LogP contribution in [0.4, 0.5) is 0 Å². The van der Waals surface area contributed by atoms with E-state index in [-0.39, 0.29) is 58.2 Å². The van der Waals surface area contributed by atoms with Crippen LogP contribution in [0.25, 0.3) is 0 Å². The van der Waals surface area contributed by atoms with E-state index in [0.29, 0.717) is 5.56 Å². The van der Waals surface area contributed by atoms with Crippen molar-refractivity contribution in [3.05, 3.63) is 35.4 Å². The van der Waals surface area contributed by atoms with Gasteiger partial charge in [0.1, 0.15) is 0 Å². The second-order valence-electron chi connectivity index (χ2n) is 1.89. The molecule has 44 valence electrons. The molecule has 0 aliphatic carbocycles. The largest absolute Gasteiger partial charge is 1.00 e. The van der Waals surface area contributed by atoms with Crippen LogP contribution in [-0.4, -0.2) is 0 Å². The molecule has 0 unspecified atom stereocenters. The Bertz CT molecular complexity index is 232. The summed E-state index contributed by atoms with van der Waals surface area (Å²) in [5, 5.41) is 8.35. The molecule has 0 saturated heterocycles. The molecule has 0 heterocycles. The van der Waals surface area contributed by atoms with E-state index < -0.39 is 0 Å². The van der Waals surface area contributed by atoms with Crippen molar-refractivity contribution in [3.8, 4) is 6.07 Å². The molecular formula is C8H6NRb. The number of nitrogens with zero attached hydrogens (tertiary/aromatic N) is 1. The fourth-order valence-corrected chi connectivity index (χ4v) is 0.572. The molecule has 0 aliphatic rings. The average molecular weight is 202 g/mol. The number of hydrogen-bond acceptors (Lipinski definition) is 1. The van der Waals surface area contributed by atoms with E-state index in [0.717, 1.165) is 5.56 Å². The molecule has 0 aromatic heterocycles.